The summed E-state index contributed by atoms with van der Waals surface area (Å²) in [6, 6.07) is 17.8. The van der Waals surface area contributed by atoms with E-state index in [0.717, 1.165) is 32.0 Å². The Hall–Kier alpha value is -2.86. The molecule has 0 saturated heterocycles. The van der Waals surface area contributed by atoms with E-state index in [1.54, 1.807) is 4.52 Å². The summed E-state index contributed by atoms with van der Waals surface area (Å²) >= 11 is 1.51. The fourth-order valence-corrected chi connectivity index (χ4v) is 3.36. The molecule has 2 aromatic carbocycles. The highest BCUT2D eigenvalue weighted by atomic mass is 32.1. The highest BCUT2D eigenvalue weighted by Crippen LogP contribution is 2.26. The Morgan fingerprint density at radius 1 is 0.773 bits per heavy atom. The number of thiazole rings is 1. The minimum atomic E-state index is 0.712. The second-order valence-corrected chi connectivity index (χ2v) is 5.89. The van der Waals surface area contributed by atoms with Gasteiger partial charge in [0, 0.05) is 5.56 Å². The zero-order valence-electron chi connectivity index (χ0n) is 11.3. The Labute approximate surface area is 128 Å². The normalized spacial score (nSPS) is 11.6. The van der Waals surface area contributed by atoms with Crippen LogP contribution in [0.2, 0.25) is 0 Å². The van der Waals surface area contributed by atoms with Crippen molar-refractivity contribution >= 4 is 37.8 Å². The van der Waals surface area contributed by atoms with E-state index < -0.39 is 0 Å². The lowest BCUT2D eigenvalue weighted by Crippen LogP contribution is -1.90. The van der Waals surface area contributed by atoms with Crippen molar-refractivity contribution in [1.82, 2.24) is 24.6 Å². The summed E-state index contributed by atoms with van der Waals surface area (Å²) in [6.07, 6.45) is 0. The zero-order valence-corrected chi connectivity index (χ0v) is 12.2. The lowest BCUT2D eigenvalue weighted by molar-refractivity contribution is 1.00. The Kier molecular flexibility index (Phi) is 2.31. The molecule has 0 aliphatic carbocycles. The molecule has 5 rings (SSSR count). The number of aromatic nitrogens is 5. The van der Waals surface area contributed by atoms with Crippen LogP contribution >= 0.6 is 11.3 Å². The van der Waals surface area contributed by atoms with E-state index in [2.05, 4.69) is 20.1 Å². The Morgan fingerprint density at radius 2 is 1.50 bits per heavy atom. The van der Waals surface area contributed by atoms with Crippen molar-refractivity contribution in [2.75, 3.05) is 0 Å². The van der Waals surface area contributed by atoms with Gasteiger partial charge in [0.2, 0.25) is 4.96 Å². The van der Waals surface area contributed by atoms with Crippen molar-refractivity contribution in [2.24, 2.45) is 0 Å². The Balaban J connectivity index is 1.81. The first-order chi connectivity index (χ1) is 10.9. The van der Waals surface area contributed by atoms with E-state index in [1.807, 2.05) is 54.6 Å². The molecule has 0 N–H and O–H groups in total. The molecule has 22 heavy (non-hydrogen) atoms. The van der Waals surface area contributed by atoms with Gasteiger partial charge in [0.25, 0.3) is 0 Å². The number of rotatable bonds is 1. The molecule has 0 unspecified atom stereocenters. The maximum absolute atomic E-state index is 4.68. The smallest absolute Gasteiger partial charge is 0.216 e. The van der Waals surface area contributed by atoms with Crippen LogP contribution in [0.3, 0.4) is 0 Å². The third-order valence-electron chi connectivity index (χ3n) is 3.52. The molecule has 5 nitrogen and oxygen atoms in total. The van der Waals surface area contributed by atoms with E-state index in [9.17, 15) is 0 Å². The van der Waals surface area contributed by atoms with Crippen molar-refractivity contribution < 1.29 is 0 Å². The first-order valence-corrected chi connectivity index (χ1v) is 7.68. The number of nitrogens with zero attached hydrogens (tertiary/aromatic N) is 5. The van der Waals surface area contributed by atoms with Gasteiger partial charge in [0.15, 0.2) is 16.3 Å². The van der Waals surface area contributed by atoms with Crippen LogP contribution < -0.4 is 0 Å². The number of benzene rings is 2. The van der Waals surface area contributed by atoms with Crippen LogP contribution in [-0.2, 0) is 0 Å². The molecule has 0 aliphatic rings. The standard InChI is InChI=1S/C16H9N5S/c1-2-6-10(7-3-1)13-19-16-21(20-13)14-15(22-16)18-12-9-5-4-8-11(12)17-14/h1-9H. The number of hydrogen-bond donors (Lipinski definition) is 0. The highest BCUT2D eigenvalue weighted by molar-refractivity contribution is 7.23. The fourth-order valence-electron chi connectivity index (χ4n) is 2.48. The van der Waals surface area contributed by atoms with Gasteiger partial charge in [-0.3, -0.25) is 0 Å². The van der Waals surface area contributed by atoms with Crippen LogP contribution in [0.15, 0.2) is 54.6 Å². The van der Waals surface area contributed by atoms with E-state index in [1.165, 1.54) is 11.3 Å². The molecule has 0 saturated carbocycles. The van der Waals surface area contributed by atoms with Gasteiger partial charge in [-0.25, -0.2) is 9.97 Å². The molecule has 0 aliphatic heterocycles. The van der Waals surface area contributed by atoms with Crippen molar-refractivity contribution in [3.8, 4) is 11.4 Å². The van der Waals surface area contributed by atoms with Crippen LogP contribution in [0.1, 0.15) is 0 Å². The Bertz CT molecular complexity index is 1130. The van der Waals surface area contributed by atoms with Crippen molar-refractivity contribution in [1.29, 1.82) is 0 Å². The molecule has 0 bridgehead atoms. The summed E-state index contributed by atoms with van der Waals surface area (Å²) in [5.41, 5.74) is 3.52. The summed E-state index contributed by atoms with van der Waals surface area (Å²) < 4.78 is 1.78. The SMILES string of the molecule is c1ccc(-c2nc3sc4nc5ccccc5nc4n3n2)cc1. The maximum Gasteiger partial charge on any atom is 0.216 e. The Morgan fingerprint density at radius 3 is 2.32 bits per heavy atom. The first kappa shape index (κ1) is 11.8. The number of fused-ring (bicyclic) bond motifs is 4. The topological polar surface area (TPSA) is 56.0 Å². The van der Waals surface area contributed by atoms with Gasteiger partial charge >= 0.3 is 0 Å². The van der Waals surface area contributed by atoms with Crippen LogP contribution in [0.4, 0.5) is 0 Å². The van der Waals surface area contributed by atoms with Gasteiger partial charge < -0.3 is 0 Å². The largest absolute Gasteiger partial charge is 0.232 e. The molecule has 0 atom stereocenters. The van der Waals surface area contributed by atoms with E-state index >= 15 is 0 Å². The first-order valence-electron chi connectivity index (χ1n) is 6.86. The van der Waals surface area contributed by atoms with Crippen molar-refractivity contribution in [3.05, 3.63) is 54.6 Å². The molecule has 3 heterocycles. The average Bonchev–Trinajstić information content (AvgIpc) is 3.11. The molecular weight excluding hydrogens is 294 g/mol. The quantitative estimate of drug-likeness (QED) is 0.475. The van der Waals surface area contributed by atoms with Crippen LogP contribution in [0.25, 0.3) is 37.9 Å². The summed E-state index contributed by atoms with van der Waals surface area (Å²) in [4.78, 5) is 15.6. The molecule has 6 heteroatoms. The average molecular weight is 303 g/mol. The second-order valence-electron chi connectivity index (χ2n) is 4.94. The molecule has 104 valence electrons. The third-order valence-corrected chi connectivity index (χ3v) is 4.43. The summed E-state index contributed by atoms with van der Waals surface area (Å²) in [5.74, 6) is 0.712. The van der Waals surface area contributed by atoms with Gasteiger partial charge in [0.05, 0.1) is 11.0 Å². The van der Waals surface area contributed by atoms with E-state index in [-0.39, 0.29) is 0 Å². The van der Waals surface area contributed by atoms with Crippen molar-refractivity contribution in [2.45, 2.75) is 0 Å². The minimum Gasteiger partial charge on any atom is -0.232 e. The molecule has 0 fully saturated rings. The molecule has 5 aromatic rings. The molecule has 3 aromatic heterocycles. The minimum absolute atomic E-state index is 0.712. The molecule has 0 spiro atoms. The van der Waals surface area contributed by atoms with Gasteiger partial charge in [-0.2, -0.15) is 9.50 Å². The summed E-state index contributed by atoms with van der Waals surface area (Å²) in [5, 5.41) is 4.59. The van der Waals surface area contributed by atoms with Crippen LogP contribution in [0.5, 0.6) is 0 Å². The van der Waals surface area contributed by atoms with E-state index in [0.29, 0.717) is 5.82 Å². The highest BCUT2D eigenvalue weighted by Gasteiger charge is 2.14. The van der Waals surface area contributed by atoms with Gasteiger partial charge in [-0.05, 0) is 12.1 Å². The lowest BCUT2D eigenvalue weighted by Gasteiger charge is -1.96. The van der Waals surface area contributed by atoms with Gasteiger partial charge in [-0.15, -0.1) is 5.10 Å². The summed E-state index contributed by atoms with van der Waals surface area (Å²) in [7, 11) is 0. The van der Waals surface area contributed by atoms with Gasteiger partial charge in [0.1, 0.15) is 0 Å². The van der Waals surface area contributed by atoms with Crippen molar-refractivity contribution in [3.63, 3.8) is 0 Å². The molecule has 0 amide bonds. The van der Waals surface area contributed by atoms with Crippen LogP contribution in [-0.4, -0.2) is 24.6 Å². The third kappa shape index (κ3) is 1.64. The fraction of sp³-hybridized carbons (Fsp3) is 0. The zero-order chi connectivity index (χ0) is 14.5. The van der Waals surface area contributed by atoms with Gasteiger partial charge in [-0.1, -0.05) is 53.8 Å². The number of para-hydroxylation sites is 2. The predicted octanol–water partition coefficient (Wildman–Crippen LogP) is 3.55. The monoisotopic (exact) mass is 303 g/mol. The maximum atomic E-state index is 4.68. The summed E-state index contributed by atoms with van der Waals surface area (Å²) in [6.45, 7) is 0. The molecule has 0 radical (unpaired) electrons. The van der Waals surface area contributed by atoms with E-state index in [4.69, 9.17) is 0 Å². The number of hydrogen-bond acceptors (Lipinski definition) is 5. The predicted molar refractivity (Wildman–Crippen MR) is 86.9 cm³/mol. The second kappa shape index (κ2) is 4.32. The molecular formula is C16H9N5S. The van der Waals surface area contributed by atoms with Crippen LogP contribution in [0, 0.1) is 0 Å². The lowest BCUT2D eigenvalue weighted by atomic mass is 10.2.